The van der Waals surface area contributed by atoms with Crippen LogP contribution in [-0.2, 0) is 11.1 Å². The summed E-state index contributed by atoms with van der Waals surface area (Å²) in [5, 5.41) is 9.70. The standard InChI is InChI=1S/C9H17NO3S/c1-3-6-10(2)7-4-9(11,5-8-10)14(12)13/h3,11H,1,4-8H2,2H3. The third-order valence-corrected chi connectivity index (χ3v) is 3.99. The predicted molar refractivity (Wildman–Crippen MR) is 54.1 cm³/mol. The zero-order chi connectivity index (χ0) is 10.8. The van der Waals surface area contributed by atoms with Gasteiger partial charge in [-0.3, -0.25) is 4.21 Å². The summed E-state index contributed by atoms with van der Waals surface area (Å²) in [7, 11) is 2.05. The van der Waals surface area contributed by atoms with Crippen molar-refractivity contribution in [1.29, 1.82) is 0 Å². The summed E-state index contributed by atoms with van der Waals surface area (Å²) < 4.78 is 22.3. The summed E-state index contributed by atoms with van der Waals surface area (Å²) in [6.07, 6.45) is 2.46. The number of piperidine rings is 1. The fourth-order valence-corrected chi connectivity index (χ4v) is 2.30. The average Bonchev–Trinajstić information content (AvgIpc) is 2.11. The summed E-state index contributed by atoms with van der Waals surface area (Å²) in [6, 6.07) is 0. The molecular weight excluding hydrogens is 202 g/mol. The molecule has 14 heavy (non-hydrogen) atoms. The number of nitrogens with zero attached hydrogens (tertiary/aromatic N) is 1. The van der Waals surface area contributed by atoms with Gasteiger partial charge in [-0.15, -0.1) is 0 Å². The fraction of sp³-hybridized carbons (Fsp3) is 0.778. The van der Waals surface area contributed by atoms with Crippen molar-refractivity contribution in [1.82, 2.24) is 0 Å². The monoisotopic (exact) mass is 219 g/mol. The molecule has 0 aromatic rings. The molecule has 0 amide bonds. The van der Waals surface area contributed by atoms with E-state index in [-0.39, 0.29) is 0 Å². The van der Waals surface area contributed by atoms with Gasteiger partial charge in [0.25, 0.3) is 0 Å². The molecule has 1 fully saturated rings. The van der Waals surface area contributed by atoms with Gasteiger partial charge >= 0.3 is 0 Å². The van der Waals surface area contributed by atoms with Crippen molar-refractivity contribution in [3.8, 4) is 0 Å². The lowest BCUT2D eigenvalue weighted by molar-refractivity contribution is -0.910. The molecule has 1 aliphatic rings. The Balaban J connectivity index is 2.61. The van der Waals surface area contributed by atoms with Gasteiger partial charge in [-0.25, -0.2) is 0 Å². The van der Waals surface area contributed by atoms with Crippen LogP contribution in [0.25, 0.3) is 0 Å². The van der Waals surface area contributed by atoms with Crippen LogP contribution >= 0.6 is 0 Å². The van der Waals surface area contributed by atoms with Crippen LogP contribution < -0.4 is 0 Å². The smallest absolute Gasteiger partial charge is 0.137 e. The number of rotatable bonds is 3. The van der Waals surface area contributed by atoms with E-state index in [2.05, 4.69) is 13.6 Å². The Hall–Kier alpha value is -0.230. The highest BCUT2D eigenvalue weighted by Crippen LogP contribution is 2.27. The minimum atomic E-state index is -2.39. The highest BCUT2D eigenvalue weighted by atomic mass is 32.2. The summed E-state index contributed by atoms with van der Waals surface area (Å²) in [5.41, 5.74) is 0. The maximum Gasteiger partial charge on any atom is 0.137 e. The maximum atomic E-state index is 10.8. The first-order chi connectivity index (χ1) is 6.42. The summed E-state index contributed by atoms with van der Waals surface area (Å²) in [4.78, 5) is -1.50. The molecule has 4 nitrogen and oxygen atoms in total. The van der Waals surface area contributed by atoms with Crippen molar-refractivity contribution in [2.45, 2.75) is 17.8 Å². The molecule has 1 aliphatic heterocycles. The first-order valence-corrected chi connectivity index (χ1v) is 5.76. The second kappa shape index (κ2) is 4.10. The van der Waals surface area contributed by atoms with E-state index in [1.807, 2.05) is 6.08 Å². The van der Waals surface area contributed by atoms with Crippen LogP contribution in [-0.4, -0.2) is 50.0 Å². The van der Waals surface area contributed by atoms with E-state index in [1.54, 1.807) is 0 Å². The molecule has 5 heteroatoms. The van der Waals surface area contributed by atoms with Crippen molar-refractivity contribution >= 4 is 11.1 Å². The highest BCUT2D eigenvalue weighted by molar-refractivity contribution is 7.80. The Kier molecular flexibility index (Phi) is 3.47. The predicted octanol–water partition coefficient (Wildman–Crippen LogP) is -0.0195. The van der Waals surface area contributed by atoms with E-state index >= 15 is 0 Å². The Morgan fingerprint density at radius 2 is 2.14 bits per heavy atom. The van der Waals surface area contributed by atoms with Crippen molar-refractivity contribution in [3.63, 3.8) is 0 Å². The number of aliphatic hydroxyl groups is 1. The van der Waals surface area contributed by atoms with Crippen LogP contribution in [0.15, 0.2) is 12.7 Å². The number of hydrogen-bond donors (Lipinski definition) is 1. The van der Waals surface area contributed by atoms with Gasteiger partial charge in [0, 0.05) is 12.8 Å². The third-order valence-electron chi connectivity index (χ3n) is 2.96. The molecule has 0 aliphatic carbocycles. The molecule has 0 spiro atoms. The minimum Gasteiger partial charge on any atom is -0.770 e. The largest absolute Gasteiger partial charge is 0.770 e. The average molecular weight is 219 g/mol. The van der Waals surface area contributed by atoms with Crippen molar-refractivity contribution in [3.05, 3.63) is 12.7 Å². The van der Waals surface area contributed by atoms with Gasteiger partial charge in [-0.2, -0.15) is 0 Å². The van der Waals surface area contributed by atoms with Gasteiger partial charge in [-0.05, 0) is 17.2 Å². The molecule has 0 aromatic carbocycles. The van der Waals surface area contributed by atoms with Gasteiger partial charge in [0.1, 0.15) is 4.93 Å². The molecule has 0 bridgehead atoms. The fourth-order valence-electron chi connectivity index (χ4n) is 1.79. The molecule has 1 heterocycles. The first kappa shape index (κ1) is 11.8. The summed E-state index contributed by atoms with van der Waals surface area (Å²) in [6.45, 7) is 5.85. The number of hydrogen-bond acceptors (Lipinski definition) is 3. The molecule has 82 valence electrons. The van der Waals surface area contributed by atoms with Crippen LogP contribution in [0.1, 0.15) is 12.8 Å². The minimum absolute atomic E-state index is 0.313. The second-order valence-corrected chi connectivity index (χ2v) is 5.45. The lowest BCUT2D eigenvalue weighted by Gasteiger charge is -2.44. The van der Waals surface area contributed by atoms with Crippen LogP contribution in [0.5, 0.6) is 0 Å². The Morgan fingerprint density at radius 3 is 2.50 bits per heavy atom. The summed E-state index contributed by atoms with van der Waals surface area (Å²) >= 11 is -2.39. The van der Waals surface area contributed by atoms with E-state index < -0.39 is 16.0 Å². The van der Waals surface area contributed by atoms with Gasteiger partial charge in [0.15, 0.2) is 0 Å². The van der Waals surface area contributed by atoms with Crippen molar-refractivity contribution < 1.29 is 18.4 Å². The Morgan fingerprint density at radius 1 is 1.64 bits per heavy atom. The van der Waals surface area contributed by atoms with E-state index in [1.165, 1.54) is 0 Å². The molecule has 1 N–H and O–H groups in total. The van der Waals surface area contributed by atoms with E-state index in [0.29, 0.717) is 25.9 Å². The van der Waals surface area contributed by atoms with E-state index in [0.717, 1.165) is 11.0 Å². The van der Waals surface area contributed by atoms with Crippen LogP contribution in [0, 0.1) is 0 Å². The zero-order valence-electron chi connectivity index (χ0n) is 8.44. The third kappa shape index (κ3) is 2.42. The first-order valence-electron chi connectivity index (χ1n) is 4.68. The lowest BCUT2D eigenvalue weighted by Crippen LogP contribution is -2.56. The van der Waals surface area contributed by atoms with Crippen molar-refractivity contribution in [2.75, 3.05) is 26.7 Å². The van der Waals surface area contributed by atoms with Crippen molar-refractivity contribution in [2.24, 2.45) is 0 Å². The van der Waals surface area contributed by atoms with Gasteiger partial charge < -0.3 is 14.1 Å². The number of likely N-dealkylation sites (N-methyl/N-ethyl adjacent to an activating group) is 1. The van der Waals surface area contributed by atoms with Gasteiger partial charge in [0.05, 0.1) is 26.7 Å². The van der Waals surface area contributed by atoms with Crippen LogP contribution in [0.3, 0.4) is 0 Å². The molecule has 0 saturated carbocycles. The molecule has 1 atom stereocenters. The quantitative estimate of drug-likeness (QED) is 0.412. The van der Waals surface area contributed by atoms with Crippen LogP contribution in [0.4, 0.5) is 0 Å². The Bertz CT molecular complexity index is 246. The molecule has 1 unspecified atom stereocenters. The van der Waals surface area contributed by atoms with Gasteiger partial charge in [0.2, 0.25) is 0 Å². The maximum absolute atomic E-state index is 10.8. The number of likely N-dealkylation sites (tertiary alicyclic amines) is 1. The number of quaternary nitrogens is 1. The summed E-state index contributed by atoms with van der Waals surface area (Å²) in [5.74, 6) is 0. The molecular formula is C9H17NO3S. The molecule has 0 aromatic heterocycles. The second-order valence-electron chi connectivity index (χ2n) is 4.22. The van der Waals surface area contributed by atoms with Gasteiger partial charge in [-0.1, -0.05) is 6.58 Å². The normalized spacial score (nSPS) is 40.5. The lowest BCUT2D eigenvalue weighted by atomic mass is 10.1. The zero-order valence-corrected chi connectivity index (χ0v) is 9.26. The highest BCUT2D eigenvalue weighted by Gasteiger charge is 2.39. The SMILES string of the molecule is C=CC[N+]1(C)CCC(O)(S(=O)[O-])CC1. The Labute approximate surface area is 87.1 Å². The van der Waals surface area contributed by atoms with Crippen LogP contribution in [0.2, 0.25) is 0 Å². The molecule has 1 rings (SSSR count). The van der Waals surface area contributed by atoms with E-state index in [4.69, 9.17) is 0 Å². The topological polar surface area (TPSA) is 60.4 Å². The van der Waals surface area contributed by atoms with E-state index in [9.17, 15) is 13.9 Å². The molecule has 1 saturated heterocycles. The molecule has 0 radical (unpaired) electrons.